The zero-order valence-electron chi connectivity index (χ0n) is 8.20. The standard InChI is InChI=1S/C11H11NOS/c1-8-3-4-10(5-9(8)2)6-11(13)12-7-14/h3-5H,6H2,1-2H3. The number of amides is 1. The lowest BCUT2D eigenvalue weighted by Crippen LogP contribution is -1.98. The van der Waals surface area contributed by atoms with E-state index in [1.807, 2.05) is 32.0 Å². The van der Waals surface area contributed by atoms with Gasteiger partial charge in [-0.25, -0.2) is 0 Å². The van der Waals surface area contributed by atoms with Gasteiger partial charge in [0, 0.05) is 0 Å². The van der Waals surface area contributed by atoms with Gasteiger partial charge in [-0.1, -0.05) is 18.2 Å². The highest BCUT2D eigenvalue weighted by Gasteiger charge is 2.02. The number of benzene rings is 1. The Hall–Kier alpha value is -1.31. The molecule has 1 aromatic carbocycles. The highest BCUT2D eigenvalue weighted by Crippen LogP contribution is 2.10. The number of carbonyl (C=O) groups is 1. The van der Waals surface area contributed by atoms with Crippen molar-refractivity contribution >= 4 is 23.3 Å². The van der Waals surface area contributed by atoms with Crippen LogP contribution in [0.5, 0.6) is 0 Å². The molecule has 0 unspecified atom stereocenters. The third kappa shape index (κ3) is 2.87. The Kier molecular flexibility index (Phi) is 3.69. The molecule has 1 aromatic rings. The summed E-state index contributed by atoms with van der Waals surface area (Å²) in [5, 5.41) is 2.07. The largest absolute Gasteiger partial charge is 0.271 e. The molecular weight excluding hydrogens is 194 g/mol. The van der Waals surface area contributed by atoms with Crippen LogP contribution >= 0.6 is 12.2 Å². The first-order valence-electron chi connectivity index (χ1n) is 4.30. The van der Waals surface area contributed by atoms with Crippen molar-refractivity contribution in [2.24, 2.45) is 4.99 Å². The maximum Gasteiger partial charge on any atom is 0.258 e. The average Bonchev–Trinajstić information content (AvgIpc) is 2.12. The molecule has 1 amide bonds. The van der Waals surface area contributed by atoms with E-state index in [2.05, 4.69) is 22.4 Å². The summed E-state index contributed by atoms with van der Waals surface area (Å²) in [7, 11) is 0. The van der Waals surface area contributed by atoms with Crippen molar-refractivity contribution in [2.75, 3.05) is 0 Å². The number of aliphatic imine (C=N–C) groups is 1. The number of carbonyl (C=O) groups excluding carboxylic acids is 1. The Morgan fingerprint density at radius 2 is 2.14 bits per heavy atom. The van der Waals surface area contributed by atoms with Gasteiger partial charge in [0.2, 0.25) is 0 Å². The molecule has 72 valence electrons. The molecule has 0 saturated carbocycles. The third-order valence-electron chi connectivity index (χ3n) is 2.10. The lowest BCUT2D eigenvalue weighted by Gasteiger charge is -2.02. The van der Waals surface area contributed by atoms with E-state index in [1.165, 1.54) is 11.1 Å². The molecule has 0 radical (unpaired) electrons. The van der Waals surface area contributed by atoms with Gasteiger partial charge < -0.3 is 0 Å². The quantitative estimate of drug-likeness (QED) is 0.548. The minimum absolute atomic E-state index is 0.247. The van der Waals surface area contributed by atoms with E-state index < -0.39 is 0 Å². The third-order valence-corrected chi connectivity index (χ3v) is 2.19. The maximum atomic E-state index is 11.1. The number of rotatable bonds is 2. The van der Waals surface area contributed by atoms with Crippen molar-refractivity contribution in [1.82, 2.24) is 0 Å². The molecular formula is C11H11NOS. The first-order chi connectivity index (χ1) is 6.63. The molecule has 0 heterocycles. The summed E-state index contributed by atoms with van der Waals surface area (Å²) in [6.45, 7) is 4.06. The van der Waals surface area contributed by atoms with Crippen LogP contribution in [0.3, 0.4) is 0 Å². The van der Waals surface area contributed by atoms with Crippen molar-refractivity contribution in [3.8, 4) is 0 Å². The van der Waals surface area contributed by atoms with Crippen LogP contribution in [0.25, 0.3) is 0 Å². The summed E-state index contributed by atoms with van der Waals surface area (Å²) in [4.78, 5) is 14.5. The predicted molar refractivity (Wildman–Crippen MR) is 59.7 cm³/mol. The molecule has 0 aliphatic heterocycles. The van der Waals surface area contributed by atoms with Crippen LogP contribution in [0.15, 0.2) is 23.2 Å². The van der Waals surface area contributed by atoms with Crippen molar-refractivity contribution < 1.29 is 4.79 Å². The monoisotopic (exact) mass is 205 g/mol. The van der Waals surface area contributed by atoms with E-state index in [4.69, 9.17) is 0 Å². The van der Waals surface area contributed by atoms with Crippen molar-refractivity contribution in [2.45, 2.75) is 20.3 Å². The average molecular weight is 205 g/mol. The first-order valence-corrected chi connectivity index (χ1v) is 4.71. The molecule has 0 aliphatic rings. The van der Waals surface area contributed by atoms with E-state index >= 15 is 0 Å². The van der Waals surface area contributed by atoms with Crippen LogP contribution < -0.4 is 0 Å². The van der Waals surface area contributed by atoms with Gasteiger partial charge in [0.15, 0.2) is 0 Å². The zero-order valence-corrected chi connectivity index (χ0v) is 9.02. The minimum atomic E-state index is -0.247. The molecule has 0 bridgehead atoms. The van der Waals surface area contributed by atoms with Gasteiger partial charge in [0.25, 0.3) is 5.91 Å². The second-order valence-electron chi connectivity index (χ2n) is 3.19. The fourth-order valence-corrected chi connectivity index (χ4v) is 1.28. The second kappa shape index (κ2) is 4.80. The molecule has 0 atom stereocenters. The van der Waals surface area contributed by atoms with Crippen LogP contribution in [-0.4, -0.2) is 11.1 Å². The lowest BCUT2D eigenvalue weighted by molar-refractivity contribution is -0.117. The molecule has 3 heteroatoms. The summed E-state index contributed by atoms with van der Waals surface area (Å²) in [5.41, 5.74) is 3.37. The van der Waals surface area contributed by atoms with Crippen molar-refractivity contribution in [3.05, 3.63) is 34.9 Å². The summed E-state index contributed by atoms with van der Waals surface area (Å²) in [6.07, 6.45) is 0.296. The van der Waals surface area contributed by atoms with Crippen LogP contribution in [0.4, 0.5) is 0 Å². The Morgan fingerprint density at radius 3 is 2.71 bits per heavy atom. The lowest BCUT2D eigenvalue weighted by atomic mass is 10.0. The molecule has 14 heavy (non-hydrogen) atoms. The molecule has 0 N–H and O–H groups in total. The summed E-state index contributed by atoms with van der Waals surface area (Å²) in [5.74, 6) is -0.247. The number of isothiocyanates is 1. The van der Waals surface area contributed by atoms with E-state index in [0.29, 0.717) is 6.42 Å². The van der Waals surface area contributed by atoms with Gasteiger partial charge >= 0.3 is 0 Å². The fourth-order valence-electron chi connectivity index (χ4n) is 1.18. The van der Waals surface area contributed by atoms with Gasteiger partial charge in [-0.2, -0.15) is 4.99 Å². The smallest absolute Gasteiger partial charge is 0.258 e. The molecule has 2 nitrogen and oxygen atoms in total. The normalized spacial score (nSPS) is 9.29. The number of thiocarbonyl (C=S) groups is 1. The van der Waals surface area contributed by atoms with Gasteiger partial charge in [-0.15, -0.1) is 0 Å². The Bertz CT molecular complexity index is 406. The van der Waals surface area contributed by atoms with Gasteiger partial charge in [-0.3, -0.25) is 4.79 Å². The Labute approximate surface area is 88.7 Å². The predicted octanol–water partition coefficient (Wildman–Crippen LogP) is 2.48. The number of hydrogen-bond donors (Lipinski definition) is 0. The maximum absolute atomic E-state index is 11.1. The number of nitrogens with zero attached hydrogens (tertiary/aromatic N) is 1. The first kappa shape index (κ1) is 10.8. The minimum Gasteiger partial charge on any atom is -0.271 e. The molecule has 0 aromatic heterocycles. The molecule has 0 fully saturated rings. The molecule has 0 saturated heterocycles. The van der Waals surface area contributed by atoms with Crippen molar-refractivity contribution in [1.29, 1.82) is 0 Å². The van der Waals surface area contributed by atoms with Crippen LogP contribution in [0.2, 0.25) is 0 Å². The highest BCUT2D eigenvalue weighted by atomic mass is 32.1. The van der Waals surface area contributed by atoms with Crippen LogP contribution in [-0.2, 0) is 11.2 Å². The topological polar surface area (TPSA) is 29.4 Å². The second-order valence-corrected chi connectivity index (χ2v) is 3.37. The SMILES string of the molecule is Cc1ccc(CC(=O)N=C=S)cc1C. The fraction of sp³-hybridized carbons (Fsp3) is 0.273. The molecule has 0 spiro atoms. The van der Waals surface area contributed by atoms with Gasteiger partial charge in [0.05, 0.1) is 11.6 Å². The van der Waals surface area contributed by atoms with E-state index in [-0.39, 0.29) is 5.91 Å². The molecule has 1 rings (SSSR count). The summed E-state index contributed by atoms with van der Waals surface area (Å²) >= 11 is 4.35. The van der Waals surface area contributed by atoms with E-state index in [1.54, 1.807) is 0 Å². The summed E-state index contributed by atoms with van der Waals surface area (Å²) in [6, 6.07) is 5.92. The molecule has 0 aliphatic carbocycles. The van der Waals surface area contributed by atoms with Gasteiger partial charge in [0.1, 0.15) is 0 Å². The van der Waals surface area contributed by atoms with Gasteiger partial charge in [-0.05, 0) is 42.8 Å². The zero-order chi connectivity index (χ0) is 10.6. The number of hydrogen-bond acceptors (Lipinski definition) is 2. The Morgan fingerprint density at radius 1 is 1.43 bits per heavy atom. The van der Waals surface area contributed by atoms with E-state index in [9.17, 15) is 4.79 Å². The van der Waals surface area contributed by atoms with Crippen LogP contribution in [0.1, 0.15) is 16.7 Å². The van der Waals surface area contributed by atoms with Crippen molar-refractivity contribution in [3.63, 3.8) is 0 Å². The highest BCUT2D eigenvalue weighted by molar-refractivity contribution is 7.78. The Balaban J connectivity index is 2.83. The summed E-state index contributed by atoms with van der Waals surface area (Å²) < 4.78 is 0. The van der Waals surface area contributed by atoms with E-state index in [0.717, 1.165) is 5.56 Å². The van der Waals surface area contributed by atoms with Crippen LogP contribution in [0, 0.1) is 13.8 Å². The number of aryl methyl sites for hydroxylation is 2.